The standard InChI is InChI=1S/C22H28N2O5/c1-3-27-18-7-5-16(6-8-18)19-15-23-20(29-19)9-10-21(25)24-13-11-17(12-14-24)22(26)28-4-2/h5-8,15,17H,3-4,9-14H2,1-2H3. The number of carbonyl (C=O) groups excluding carboxylic acids is 2. The van der Waals surface area contributed by atoms with Gasteiger partial charge in [0.25, 0.3) is 0 Å². The SMILES string of the molecule is CCOC(=O)C1CCN(C(=O)CCc2ncc(-c3ccc(OCC)cc3)o2)CC1. The molecule has 0 saturated carbocycles. The van der Waals surface area contributed by atoms with E-state index in [-0.39, 0.29) is 17.8 Å². The second-order valence-electron chi connectivity index (χ2n) is 6.98. The third kappa shape index (κ3) is 5.59. The summed E-state index contributed by atoms with van der Waals surface area (Å²) in [7, 11) is 0. The summed E-state index contributed by atoms with van der Waals surface area (Å²) < 4.78 is 16.3. The molecule has 0 spiro atoms. The fourth-order valence-corrected chi connectivity index (χ4v) is 3.44. The summed E-state index contributed by atoms with van der Waals surface area (Å²) in [5.74, 6) is 1.85. The minimum atomic E-state index is -0.152. The van der Waals surface area contributed by atoms with E-state index in [4.69, 9.17) is 13.9 Å². The van der Waals surface area contributed by atoms with Crippen LogP contribution in [0.1, 0.15) is 39.0 Å². The van der Waals surface area contributed by atoms with E-state index < -0.39 is 0 Å². The van der Waals surface area contributed by atoms with Crippen LogP contribution in [0.15, 0.2) is 34.9 Å². The number of rotatable bonds is 8. The van der Waals surface area contributed by atoms with Gasteiger partial charge in [-0.2, -0.15) is 0 Å². The molecular weight excluding hydrogens is 372 g/mol. The Morgan fingerprint density at radius 2 is 1.86 bits per heavy atom. The number of piperidine rings is 1. The molecule has 1 aliphatic rings. The maximum atomic E-state index is 12.5. The molecule has 0 atom stereocenters. The molecule has 0 radical (unpaired) electrons. The van der Waals surface area contributed by atoms with Gasteiger partial charge in [0.2, 0.25) is 5.91 Å². The molecule has 1 aliphatic heterocycles. The minimum absolute atomic E-state index is 0.0631. The average Bonchev–Trinajstić information content (AvgIpc) is 3.22. The van der Waals surface area contributed by atoms with Crippen molar-refractivity contribution in [2.45, 2.75) is 39.5 Å². The first-order valence-corrected chi connectivity index (χ1v) is 10.2. The van der Waals surface area contributed by atoms with E-state index in [1.165, 1.54) is 0 Å². The largest absolute Gasteiger partial charge is 0.494 e. The van der Waals surface area contributed by atoms with Gasteiger partial charge in [-0.1, -0.05) is 0 Å². The van der Waals surface area contributed by atoms with Crippen molar-refractivity contribution in [3.05, 3.63) is 36.4 Å². The van der Waals surface area contributed by atoms with Crippen molar-refractivity contribution in [1.29, 1.82) is 0 Å². The van der Waals surface area contributed by atoms with Crippen LogP contribution in [0.5, 0.6) is 5.75 Å². The Kier molecular flexibility index (Phi) is 7.27. The van der Waals surface area contributed by atoms with E-state index in [9.17, 15) is 9.59 Å². The topological polar surface area (TPSA) is 81.9 Å². The first-order valence-electron chi connectivity index (χ1n) is 10.2. The summed E-state index contributed by atoms with van der Waals surface area (Å²) in [4.78, 5) is 30.4. The quantitative estimate of drug-likeness (QED) is 0.631. The number of hydrogen-bond donors (Lipinski definition) is 0. The van der Waals surface area contributed by atoms with Crippen LogP contribution < -0.4 is 4.74 Å². The van der Waals surface area contributed by atoms with E-state index >= 15 is 0 Å². The van der Waals surface area contributed by atoms with Crippen molar-refractivity contribution < 1.29 is 23.5 Å². The molecule has 29 heavy (non-hydrogen) atoms. The summed E-state index contributed by atoms with van der Waals surface area (Å²) in [6.07, 6.45) is 3.79. The van der Waals surface area contributed by atoms with Gasteiger partial charge in [-0.3, -0.25) is 9.59 Å². The van der Waals surface area contributed by atoms with E-state index in [2.05, 4.69) is 4.98 Å². The molecule has 1 fully saturated rings. The number of esters is 1. The van der Waals surface area contributed by atoms with Crippen molar-refractivity contribution in [3.63, 3.8) is 0 Å². The number of hydrogen-bond acceptors (Lipinski definition) is 6. The number of likely N-dealkylation sites (tertiary alicyclic amines) is 1. The Morgan fingerprint density at radius 3 is 2.52 bits per heavy atom. The van der Waals surface area contributed by atoms with Gasteiger partial charge in [0, 0.05) is 31.5 Å². The van der Waals surface area contributed by atoms with Crippen LogP contribution in [0.25, 0.3) is 11.3 Å². The van der Waals surface area contributed by atoms with Gasteiger partial charge in [0.1, 0.15) is 5.75 Å². The zero-order valence-corrected chi connectivity index (χ0v) is 17.1. The molecule has 1 saturated heterocycles. The number of nitrogens with zero attached hydrogens (tertiary/aromatic N) is 2. The first kappa shape index (κ1) is 20.9. The Bertz CT molecular complexity index is 807. The number of ether oxygens (including phenoxy) is 2. The highest BCUT2D eigenvalue weighted by molar-refractivity contribution is 5.77. The summed E-state index contributed by atoms with van der Waals surface area (Å²) in [5.41, 5.74) is 0.916. The lowest BCUT2D eigenvalue weighted by Crippen LogP contribution is -2.40. The fraction of sp³-hybridized carbons (Fsp3) is 0.500. The molecular formula is C22H28N2O5. The zero-order valence-electron chi connectivity index (χ0n) is 17.1. The average molecular weight is 400 g/mol. The van der Waals surface area contributed by atoms with E-state index in [1.807, 2.05) is 36.1 Å². The molecule has 7 heteroatoms. The molecule has 7 nitrogen and oxygen atoms in total. The van der Waals surface area contributed by atoms with Gasteiger partial charge < -0.3 is 18.8 Å². The van der Waals surface area contributed by atoms with Crippen LogP contribution >= 0.6 is 0 Å². The molecule has 0 unspecified atom stereocenters. The first-order chi connectivity index (χ1) is 14.1. The van der Waals surface area contributed by atoms with E-state index in [0.29, 0.717) is 63.6 Å². The van der Waals surface area contributed by atoms with E-state index in [1.54, 1.807) is 13.1 Å². The Balaban J connectivity index is 1.47. The highest BCUT2D eigenvalue weighted by atomic mass is 16.5. The van der Waals surface area contributed by atoms with E-state index in [0.717, 1.165) is 11.3 Å². The van der Waals surface area contributed by atoms with Crippen LogP contribution in [-0.4, -0.2) is 48.1 Å². The van der Waals surface area contributed by atoms with Crippen molar-refractivity contribution in [3.8, 4) is 17.1 Å². The summed E-state index contributed by atoms with van der Waals surface area (Å²) in [6.45, 7) is 5.95. The Labute approximate surface area is 171 Å². The van der Waals surface area contributed by atoms with Gasteiger partial charge in [0.05, 0.1) is 25.3 Å². The number of oxazole rings is 1. The molecule has 1 aromatic heterocycles. The lowest BCUT2D eigenvalue weighted by molar-refractivity contribution is -0.151. The minimum Gasteiger partial charge on any atom is -0.494 e. The number of amides is 1. The highest BCUT2D eigenvalue weighted by Crippen LogP contribution is 2.24. The molecule has 2 heterocycles. The number of benzene rings is 1. The van der Waals surface area contributed by atoms with Crippen LogP contribution in [0.3, 0.4) is 0 Å². The molecule has 3 rings (SSSR count). The smallest absolute Gasteiger partial charge is 0.309 e. The zero-order chi connectivity index (χ0) is 20.6. The second kappa shape index (κ2) is 10.1. The van der Waals surface area contributed by atoms with Crippen molar-refractivity contribution in [2.75, 3.05) is 26.3 Å². The number of aromatic nitrogens is 1. The molecule has 1 aromatic carbocycles. The molecule has 0 bridgehead atoms. The van der Waals surface area contributed by atoms with Gasteiger partial charge in [-0.15, -0.1) is 0 Å². The number of aryl methyl sites for hydroxylation is 1. The molecule has 156 valence electrons. The van der Waals surface area contributed by atoms with Crippen molar-refractivity contribution >= 4 is 11.9 Å². The number of carbonyl (C=O) groups is 2. The van der Waals surface area contributed by atoms with Crippen LogP contribution in [-0.2, 0) is 20.7 Å². The van der Waals surface area contributed by atoms with Crippen LogP contribution in [0.2, 0.25) is 0 Å². The lowest BCUT2D eigenvalue weighted by atomic mass is 9.97. The third-order valence-corrected chi connectivity index (χ3v) is 5.02. The van der Waals surface area contributed by atoms with Crippen molar-refractivity contribution in [1.82, 2.24) is 9.88 Å². The molecule has 2 aromatic rings. The Morgan fingerprint density at radius 1 is 1.14 bits per heavy atom. The Hall–Kier alpha value is -2.83. The van der Waals surface area contributed by atoms with Gasteiger partial charge in [-0.05, 0) is 51.0 Å². The lowest BCUT2D eigenvalue weighted by Gasteiger charge is -2.30. The fourth-order valence-electron chi connectivity index (χ4n) is 3.44. The van der Waals surface area contributed by atoms with Gasteiger partial charge >= 0.3 is 5.97 Å². The predicted molar refractivity (Wildman–Crippen MR) is 107 cm³/mol. The molecule has 0 N–H and O–H groups in total. The van der Waals surface area contributed by atoms with Crippen molar-refractivity contribution in [2.24, 2.45) is 5.92 Å². The molecule has 0 aliphatic carbocycles. The monoisotopic (exact) mass is 400 g/mol. The highest BCUT2D eigenvalue weighted by Gasteiger charge is 2.28. The maximum Gasteiger partial charge on any atom is 0.309 e. The third-order valence-electron chi connectivity index (χ3n) is 5.02. The normalized spacial score (nSPS) is 14.6. The predicted octanol–water partition coefficient (Wildman–Crippen LogP) is 3.47. The van der Waals surface area contributed by atoms with Gasteiger partial charge in [-0.25, -0.2) is 4.98 Å². The van der Waals surface area contributed by atoms with Crippen LogP contribution in [0.4, 0.5) is 0 Å². The maximum absolute atomic E-state index is 12.5. The second-order valence-corrected chi connectivity index (χ2v) is 6.98. The van der Waals surface area contributed by atoms with Crippen LogP contribution in [0, 0.1) is 5.92 Å². The summed E-state index contributed by atoms with van der Waals surface area (Å²) in [6, 6.07) is 7.64. The van der Waals surface area contributed by atoms with Gasteiger partial charge in [0.15, 0.2) is 11.7 Å². The molecule has 1 amide bonds. The summed E-state index contributed by atoms with van der Waals surface area (Å²) >= 11 is 0. The summed E-state index contributed by atoms with van der Waals surface area (Å²) in [5, 5.41) is 0.